The predicted molar refractivity (Wildman–Crippen MR) is 55.2 cm³/mol. The normalized spacial score (nSPS) is 13.0. The topological polar surface area (TPSA) is 0 Å². The highest BCUT2D eigenvalue weighted by Crippen LogP contribution is 2.34. The van der Waals surface area contributed by atoms with Crippen LogP contribution in [0, 0.1) is 0 Å². The van der Waals surface area contributed by atoms with Crippen molar-refractivity contribution in [2.24, 2.45) is 0 Å². The Balaban J connectivity index is 3.30. The predicted octanol–water partition coefficient (Wildman–Crippen LogP) is 4.66. The average molecular weight is 237 g/mol. The van der Waals surface area contributed by atoms with E-state index in [0.717, 1.165) is 12.1 Å². The number of rotatable bonds is 0. The van der Waals surface area contributed by atoms with E-state index in [1.165, 1.54) is 0 Å². The summed E-state index contributed by atoms with van der Waals surface area (Å²) in [5, 5.41) is 0.120. The highest BCUT2D eigenvalue weighted by atomic mass is 35.5. The molecule has 0 spiro atoms. The van der Waals surface area contributed by atoms with Gasteiger partial charge in [0.1, 0.15) is 0 Å². The molecule has 0 saturated heterocycles. The van der Waals surface area contributed by atoms with Crippen molar-refractivity contribution >= 4 is 11.6 Å². The molecule has 0 aliphatic heterocycles. The second kappa shape index (κ2) is 3.71. The van der Waals surface area contributed by atoms with Crippen molar-refractivity contribution in [2.45, 2.75) is 32.4 Å². The van der Waals surface area contributed by atoms with E-state index >= 15 is 0 Å². The van der Waals surface area contributed by atoms with Crippen LogP contribution in [0.15, 0.2) is 18.2 Å². The van der Waals surface area contributed by atoms with Crippen LogP contribution in [0.3, 0.4) is 0 Å². The maximum absolute atomic E-state index is 12.5. The molecular formula is C11H12ClF3. The second-order valence-corrected chi connectivity index (χ2v) is 4.91. The lowest BCUT2D eigenvalue weighted by atomic mass is 9.86. The zero-order valence-corrected chi connectivity index (χ0v) is 9.50. The minimum absolute atomic E-state index is 0.120. The summed E-state index contributed by atoms with van der Waals surface area (Å²) < 4.78 is 37.4. The van der Waals surface area contributed by atoms with Gasteiger partial charge >= 0.3 is 6.18 Å². The van der Waals surface area contributed by atoms with Crippen LogP contribution in [-0.2, 0) is 11.6 Å². The van der Waals surface area contributed by atoms with Crippen molar-refractivity contribution in [1.82, 2.24) is 0 Å². The molecule has 0 fully saturated rings. The van der Waals surface area contributed by atoms with E-state index < -0.39 is 11.7 Å². The molecule has 0 heterocycles. The van der Waals surface area contributed by atoms with E-state index in [-0.39, 0.29) is 10.4 Å². The highest BCUT2D eigenvalue weighted by molar-refractivity contribution is 6.30. The number of halogens is 4. The first-order valence-electron chi connectivity index (χ1n) is 4.49. The Labute approximate surface area is 92.1 Å². The Morgan fingerprint density at radius 3 is 1.80 bits per heavy atom. The van der Waals surface area contributed by atoms with Crippen LogP contribution in [0.25, 0.3) is 0 Å². The van der Waals surface area contributed by atoms with Gasteiger partial charge in [0.2, 0.25) is 0 Å². The maximum atomic E-state index is 12.5. The van der Waals surface area contributed by atoms with Gasteiger partial charge in [0.15, 0.2) is 0 Å². The van der Waals surface area contributed by atoms with E-state index in [4.69, 9.17) is 11.6 Å². The number of benzene rings is 1. The molecule has 15 heavy (non-hydrogen) atoms. The summed E-state index contributed by atoms with van der Waals surface area (Å²) >= 11 is 5.66. The second-order valence-electron chi connectivity index (χ2n) is 4.48. The zero-order chi connectivity index (χ0) is 11.9. The largest absolute Gasteiger partial charge is 0.416 e. The molecule has 0 aliphatic carbocycles. The smallest absolute Gasteiger partial charge is 0.166 e. The van der Waals surface area contributed by atoms with Crippen molar-refractivity contribution in [1.29, 1.82) is 0 Å². The monoisotopic (exact) mass is 236 g/mol. The highest BCUT2D eigenvalue weighted by Gasteiger charge is 2.32. The van der Waals surface area contributed by atoms with Crippen LogP contribution in [0.5, 0.6) is 0 Å². The molecule has 84 valence electrons. The van der Waals surface area contributed by atoms with Crippen LogP contribution in [0.2, 0.25) is 5.02 Å². The molecular weight excluding hydrogens is 225 g/mol. The first kappa shape index (κ1) is 12.4. The molecule has 1 rings (SSSR count). The van der Waals surface area contributed by atoms with Crippen LogP contribution >= 0.6 is 11.6 Å². The average Bonchev–Trinajstić information content (AvgIpc) is 1.99. The first-order valence-corrected chi connectivity index (χ1v) is 4.87. The number of alkyl halides is 3. The zero-order valence-electron chi connectivity index (χ0n) is 8.74. The SMILES string of the molecule is CC(C)(C)c1cc(Cl)cc(C(F)(F)F)c1. The van der Waals surface area contributed by atoms with Gasteiger partial charge in [0.05, 0.1) is 5.56 Å². The summed E-state index contributed by atoms with van der Waals surface area (Å²) in [6.07, 6.45) is -4.34. The van der Waals surface area contributed by atoms with Crippen molar-refractivity contribution in [3.63, 3.8) is 0 Å². The number of hydrogen-bond donors (Lipinski definition) is 0. The minimum Gasteiger partial charge on any atom is -0.166 e. The van der Waals surface area contributed by atoms with Crippen molar-refractivity contribution in [3.8, 4) is 0 Å². The van der Waals surface area contributed by atoms with Gasteiger partial charge < -0.3 is 0 Å². The van der Waals surface area contributed by atoms with E-state index in [0.29, 0.717) is 5.56 Å². The van der Waals surface area contributed by atoms with Gasteiger partial charge in [0.25, 0.3) is 0 Å². The van der Waals surface area contributed by atoms with Gasteiger partial charge in [0, 0.05) is 5.02 Å². The van der Waals surface area contributed by atoms with Crippen molar-refractivity contribution in [3.05, 3.63) is 34.3 Å². The fourth-order valence-corrected chi connectivity index (χ4v) is 1.42. The Morgan fingerprint density at radius 2 is 1.40 bits per heavy atom. The summed E-state index contributed by atoms with van der Waals surface area (Å²) in [5.41, 5.74) is -0.451. The van der Waals surface area contributed by atoms with Gasteiger partial charge in [-0.15, -0.1) is 0 Å². The third-order valence-electron chi connectivity index (χ3n) is 2.09. The molecule has 4 heteroatoms. The molecule has 0 N–H and O–H groups in total. The quantitative estimate of drug-likeness (QED) is 0.615. The van der Waals surface area contributed by atoms with Crippen LogP contribution in [0.1, 0.15) is 31.9 Å². The third kappa shape index (κ3) is 3.13. The molecule has 0 nitrogen and oxygen atoms in total. The Hall–Kier alpha value is -0.700. The Bertz CT molecular complexity index is 329. The molecule has 0 aliphatic rings. The van der Waals surface area contributed by atoms with Gasteiger partial charge in [-0.1, -0.05) is 32.4 Å². The van der Waals surface area contributed by atoms with E-state index in [2.05, 4.69) is 0 Å². The van der Waals surface area contributed by atoms with Gasteiger partial charge in [-0.05, 0) is 29.2 Å². The molecule has 1 aromatic carbocycles. The maximum Gasteiger partial charge on any atom is 0.416 e. The van der Waals surface area contributed by atoms with Crippen LogP contribution in [0.4, 0.5) is 13.2 Å². The molecule has 1 aromatic rings. The summed E-state index contributed by atoms with van der Waals surface area (Å²) in [6.45, 7) is 5.54. The fourth-order valence-electron chi connectivity index (χ4n) is 1.19. The van der Waals surface area contributed by atoms with E-state index in [9.17, 15) is 13.2 Å². The van der Waals surface area contributed by atoms with Crippen molar-refractivity contribution in [2.75, 3.05) is 0 Å². The van der Waals surface area contributed by atoms with Gasteiger partial charge in [-0.3, -0.25) is 0 Å². The molecule has 0 atom stereocenters. The van der Waals surface area contributed by atoms with Crippen LogP contribution in [-0.4, -0.2) is 0 Å². The van der Waals surface area contributed by atoms with E-state index in [1.807, 2.05) is 20.8 Å². The minimum atomic E-state index is -4.34. The fraction of sp³-hybridized carbons (Fsp3) is 0.455. The third-order valence-corrected chi connectivity index (χ3v) is 2.31. The number of hydrogen-bond acceptors (Lipinski definition) is 0. The molecule has 0 amide bonds. The molecule has 0 radical (unpaired) electrons. The standard InChI is InChI=1S/C11H12ClF3/c1-10(2,3)7-4-8(11(13,14)15)6-9(12)5-7/h4-6H,1-3H3. The summed E-state index contributed by atoms with van der Waals surface area (Å²) in [7, 11) is 0. The summed E-state index contributed by atoms with van der Waals surface area (Å²) in [4.78, 5) is 0. The lowest BCUT2D eigenvalue weighted by Crippen LogP contribution is -2.14. The molecule has 0 unspecified atom stereocenters. The first-order chi connectivity index (χ1) is 6.60. The lowest BCUT2D eigenvalue weighted by molar-refractivity contribution is -0.137. The summed E-state index contributed by atoms with van der Waals surface area (Å²) in [5.74, 6) is 0. The molecule has 0 bridgehead atoms. The Morgan fingerprint density at radius 1 is 0.933 bits per heavy atom. The van der Waals surface area contributed by atoms with Gasteiger partial charge in [-0.25, -0.2) is 0 Å². The lowest BCUT2D eigenvalue weighted by Gasteiger charge is -2.21. The molecule has 0 aromatic heterocycles. The van der Waals surface area contributed by atoms with Crippen molar-refractivity contribution < 1.29 is 13.2 Å². The Kier molecular flexibility index (Phi) is 3.06. The van der Waals surface area contributed by atoms with Crippen LogP contribution < -0.4 is 0 Å². The summed E-state index contributed by atoms with van der Waals surface area (Å²) in [6, 6.07) is 3.65. The van der Waals surface area contributed by atoms with Gasteiger partial charge in [-0.2, -0.15) is 13.2 Å². The van der Waals surface area contributed by atoms with E-state index in [1.54, 1.807) is 6.07 Å². The molecule has 0 saturated carbocycles.